The van der Waals surface area contributed by atoms with Gasteiger partial charge >= 0.3 is 6.18 Å². The van der Waals surface area contributed by atoms with E-state index in [1.165, 1.54) is 6.07 Å². The van der Waals surface area contributed by atoms with Crippen molar-refractivity contribution in [2.45, 2.75) is 32.9 Å². The Labute approximate surface area is 111 Å². The Kier molecular flexibility index (Phi) is 5.66. The normalized spacial score (nSPS) is 13.4. The first kappa shape index (κ1) is 15.8. The molecule has 0 aromatic heterocycles. The molecule has 5 heteroatoms. The first-order valence-corrected chi connectivity index (χ1v) is 6.41. The number of alkyl halides is 3. The molecule has 0 spiro atoms. The summed E-state index contributed by atoms with van der Waals surface area (Å²) in [6, 6.07) is 4.14. The van der Waals surface area contributed by atoms with E-state index in [1.54, 1.807) is 6.07 Å². The molecule has 108 valence electrons. The molecule has 0 aliphatic heterocycles. The van der Waals surface area contributed by atoms with Crippen molar-refractivity contribution in [3.63, 3.8) is 0 Å². The molecule has 0 bridgehead atoms. The van der Waals surface area contributed by atoms with Gasteiger partial charge in [-0.2, -0.15) is 13.2 Å². The van der Waals surface area contributed by atoms with Crippen LogP contribution >= 0.6 is 0 Å². The van der Waals surface area contributed by atoms with Gasteiger partial charge in [-0.3, -0.25) is 0 Å². The van der Waals surface area contributed by atoms with E-state index in [0.29, 0.717) is 18.5 Å². The van der Waals surface area contributed by atoms with Crippen molar-refractivity contribution in [3.05, 3.63) is 29.3 Å². The van der Waals surface area contributed by atoms with E-state index in [0.717, 1.165) is 12.5 Å². The monoisotopic (exact) mass is 275 g/mol. The van der Waals surface area contributed by atoms with Crippen molar-refractivity contribution >= 4 is 0 Å². The highest BCUT2D eigenvalue weighted by Gasteiger charge is 2.34. The van der Waals surface area contributed by atoms with Gasteiger partial charge in [0.15, 0.2) is 0 Å². The van der Waals surface area contributed by atoms with E-state index in [9.17, 15) is 13.2 Å². The lowest BCUT2D eigenvalue weighted by molar-refractivity contribution is -0.139. The summed E-state index contributed by atoms with van der Waals surface area (Å²) in [6.07, 6.45) is -3.11. The fraction of sp³-hybridized carbons (Fsp3) is 0.571. The molecule has 2 nitrogen and oxygen atoms in total. The van der Waals surface area contributed by atoms with Crippen molar-refractivity contribution in [3.8, 4) is 5.75 Å². The third kappa shape index (κ3) is 4.74. The first-order valence-electron chi connectivity index (χ1n) is 6.41. The molecule has 19 heavy (non-hydrogen) atoms. The molecule has 0 heterocycles. The van der Waals surface area contributed by atoms with Crippen LogP contribution in [-0.2, 0) is 12.6 Å². The highest BCUT2D eigenvalue weighted by atomic mass is 19.4. The van der Waals surface area contributed by atoms with Crippen LogP contribution in [0.15, 0.2) is 18.2 Å². The molecule has 0 amide bonds. The number of hydrogen-bond acceptors (Lipinski definition) is 2. The van der Waals surface area contributed by atoms with Crippen LogP contribution < -0.4 is 10.5 Å². The van der Waals surface area contributed by atoms with E-state index >= 15 is 0 Å². The van der Waals surface area contributed by atoms with Crippen LogP contribution in [0.25, 0.3) is 0 Å². The second-order valence-electron chi connectivity index (χ2n) is 4.69. The van der Waals surface area contributed by atoms with Gasteiger partial charge in [0.1, 0.15) is 5.75 Å². The zero-order valence-electron chi connectivity index (χ0n) is 11.3. The number of benzene rings is 1. The van der Waals surface area contributed by atoms with Crippen LogP contribution in [0.4, 0.5) is 13.2 Å². The van der Waals surface area contributed by atoms with E-state index in [-0.39, 0.29) is 18.3 Å². The second-order valence-corrected chi connectivity index (χ2v) is 4.69. The molecule has 2 N–H and O–H groups in total. The summed E-state index contributed by atoms with van der Waals surface area (Å²) >= 11 is 0. The van der Waals surface area contributed by atoms with E-state index in [2.05, 4.69) is 0 Å². The Morgan fingerprint density at radius 1 is 1.32 bits per heavy atom. The molecular formula is C14H20F3NO. The SMILES string of the molecule is CCC(C)COc1ccc(CCN)cc1C(F)(F)F. The van der Waals surface area contributed by atoms with Crippen molar-refractivity contribution in [2.75, 3.05) is 13.2 Å². The fourth-order valence-electron chi connectivity index (χ4n) is 1.60. The van der Waals surface area contributed by atoms with Crippen LogP contribution in [0.3, 0.4) is 0 Å². The van der Waals surface area contributed by atoms with Crippen LogP contribution in [0.2, 0.25) is 0 Å². The molecule has 1 atom stereocenters. The number of ether oxygens (including phenoxy) is 1. The van der Waals surface area contributed by atoms with Gasteiger partial charge in [-0.15, -0.1) is 0 Å². The zero-order valence-corrected chi connectivity index (χ0v) is 11.3. The van der Waals surface area contributed by atoms with E-state index in [1.807, 2.05) is 13.8 Å². The van der Waals surface area contributed by atoms with Crippen molar-refractivity contribution in [1.29, 1.82) is 0 Å². The standard InChI is InChI=1S/C14H20F3NO/c1-3-10(2)9-19-13-5-4-11(6-7-18)8-12(13)14(15,16)17/h4-5,8,10H,3,6-7,9,18H2,1-2H3. The van der Waals surface area contributed by atoms with Crippen LogP contribution in [0, 0.1) is 5.92 Å². The lowest BCUT2D eigenvalue weighted by atomic mass is 10.1. The van der Waals surface area contributed by atoms with E-state index < -0.39 is 11.7 Å². The van der Waals surface area contributed by atoms with Gasteiger partial charge in [-0.05, 0) is 36.6 Å². The summed E-state index contributed by atoms with van der Waals surface area (Å²) in [5.74, 6) is 0.123. The average molecular weight is 275 g/mol. The molecule has 0 aliphatic rings. The summed E-state index contributed by atoms with van der Waals surface area (Å²) in [6.45, 7) is 4.53. The van der Waals surface area contributed by atoms with Gasteiger partial charge in [0.05, 0.1) is 12.2 Å². The predicted octanol–water partition coefficient (Wildman–Crippen LogP) is 3.63. The Morgan fingerprint density at radius 3 is 2.53 bits per heavy atom. The highest BCUT2D eigenvalue weighted by molar-refractivity contribution is 5.39. The van der Waals surface area contributed by atoms with Gasteiger partial charge < -0.3 is 10.5 Å². The number of hydrogen-bond donors (Lipinski definition) is 1. The quantitative estimate of drug-likeness (QED) is 0.860. The van der Waals surface area contributed by atoms with Crippen LogP contribution in [0.1, 0.15) is 31.4 Å². The minimum absolute atomic E-state index is 0.103. The Bertz CT molecular complexity index is 404. The molecular weight excluding hydrogens is 255 g/mol. The topological polar surface area (TPSA) is 35.2 Å². The summed E-state index contributed by atoms with van der Waals surface area (Å²) in [5.41, 5.74) is 5.22. The maximum absolute atomic E-state index is 13.0. The maximum atomic E-state index is 13.0. The van der Waals surface area contributed by atoms with E-state index in [4.69, 9.17) is 10.5 Å². The molecule has 1 unspecified atom stereocenters. The molecule has 0 fully saturated rings. The Balaban J connectivity index is 2.96. The average Bonchev–Trinajstić information content (AvgIpc) is 2.36. The summed E-state index contributed by atoms with van der Waals surface area (Å²) in [5, 5.41) is 0. The zero-order chi connectivity index (χ0) is 14.5. The number of rotatable bonds is 6. The van der Waals surface area contributed by atoms with Crippen LogP contribution in [-0.4, -0.2) is 13.2 Å². The van der Waals surface area contributed by atoms with Gasteiger partial charge in [0, 0.05) is 0 Å². The van der Waals surface area contributed by atoms with Gasteiger partial charge in [-0.1, -0.05) is 26.3 Å². The largest absolute Gasteiger partial charge is 0.493 e. The van der Waals surface area contributed by atoms with Crippen LogP contribution in [0.5, 0.6) is 5.75 Å². The smallest absolute Gasteiger partial charge is 0.419 e. The minimum Gasteiger partial charge on any atom is -0.493 e. The second kappa shape index (κ2) is 6.80. The Morgan fingerprint density at radius 2 is 2.00 bits per heavy atom. The molecule has 0 aliphatic carbocycles. The molecule has 0 saturated carbocycles. The summed E-state index contributed by atoms with van der Waals surface area (Å²) in [7, 11) is 0. The first-order chi connectivity index (χ1) is 8.88. The molecule has 1 rings (SSSR count). The summed E-state index contributed by atoms with van der Waals surface area (Å²) in [4.78, 5) is 0. The molecule has 0 saturated heterocycles. The number of nitrogens with two attached hydrogens (primary N) is 1. The fourth-order valence-corrected chi connectivity index (χ4v) is 1.60. The summed E-state index contributed by atoms with van der Waals surface area (Å²) < 4.78 is 44.2. The Hall–Kier alpha value is -1.23. The minimum atomic E-state index is -4.41. The lowest BCUT2D eigenvalue weighted by Gasteiger charge is -2.17. The van der Waals surface area contributed by atoms with Gasteiger partial charge in [-0.25, -0.2) is 0 Å². The lowest BCUT2D eigenvalue weighted by Crippen LogP contribution is -2.13. The van der Waals surface area contributed by atoms with Gasteiger partial charge in [0.2, 0.25) is 0 Å². The van der Waals surface area contributed by atoms with Crippen molar-refractivity contribution in [1.82, 2.24) is 0 Å². The third-order valence-electron chi connectivity index (χ3n) is 3.00. The molecule has 1 aromatic carbocycles. The molecule has 0 radical (unpaired) electrons. The maximum Gasteiger partial charge on any atom is 0.419 e. The predicted molar refractivity (Wildman–Crippen MR) is 69.2 cm³/mol. The molecule has 1 aromatic rings. The number of halogens is 3. The highest BCUT2D eigenvalue weighted by Crippen LogP contribution is 2.37. The third-order valence-corrected chi connectivity index (χ3v) is 3.00. The van der Waals surface area contributed by atoms with Crippen molar-refractivity contribution in [2.24, 2.45) is 11.7 Å². The van der Waals surface area contributed by atoms with Gasteiger partial charge in [0.25, 0.3) is 0 Å². The van der Waals surface area contributed by atoms with Crippen molar-refractivity contribution < 1.29 is 17.9 Å².